The van der Waals surface area contributed by atoms with Gasteiger partial charge in [0.25, 0.3) is 0 Å². The van der Waals surface area contributed by atoms with Crippen LogP contribution in [-0.2, 0) is 6.54 Å². The van der Waals surface area contributed by atoms with Crippen LogP contribution >= 0.6 is 0 Å². The smallest absolute Gasteiger partial charge is 0.0950 e. The van der Waals surface area contributed by atoms with Crippen molar-refractivity contribution in [3.8, 4) is 6.07 Å². The maximum atomic E-state index is 8.92. The number of hydrogen-bond donors (Lipinski definition) is 0. The van der Waals surface area contributed by atoms with Crippen molar-refractivity contribution >= 4 is 0 Å². The molecule has 0 amide bonds. The van der Waals surface area contributed by atoms with Crippen molar-refractivity contribution in [1.29, 1.82) is 5.26 Å². The fourth-order valence-electron chi connectivity index (χ4n) is 2.42. The van der Waals surface area contributed by atoms with E-state index in [0.717, 1.165) is 32.7 Å². The van der Waals surface area contributed by atoms with Crippen LogP contribution < -0.4 is 0 Å². The van der Waals surface area contributed by atoms with Crippen LogP contribution in [-0.4, -0.2) is 42.0 Å². The first kappa shape index (κ1) is 13.1. The van der Waals surface area contributed by atoms with Gasteiger partial charge in [0.1, 0.15) is 0 Å². The number of benzene rings is 1. The van der Waals surface area contributed by atoms with Gasteiger partial charge in [-0.2, -0.15) is 5.26 Å². The zero-order chi connectivity index (χ0) is 13.0. The number of nitriles is 1. The summed E-state index contributed by atoms with van der Waals surface area (Å²) in [4.78, 5) is 4.73. The molecule has 1 saturated heterocycles. The minimum atomic E-state index is 0.0469. The molecule has 18 heavy (non-hydrogen) atoms. The Morgan fingerprint density at radius 3 is 2.50 bits per heavy atom. The van der Waals surface area contributed by atoms with Crippen molar-refractivity contribution in [3.05, 3.63) is 35.4 Å². The van der Waals surface area contributed by atoms with Crippen LogP contribution in [0.3, 0.4) is 0 Å². The Balaban J connectivity index is 1.88. The molecule has 0 radical (unpaired) electrons. The molecule has 0 spiro atoms. The van der Waals surface area contributed by atoms with Crippen molar-refractivity contribution in [2.45, 2.75) is 26.4 Å². The van der Waals surface area contributed by atoms with Gasteiger partial charge in [-0.3, -0.25) is 9.80 Å². The molecule has 1 aromatic rings. The summed E-state index contributed by atoms with van der Waals surface area (Å²) in [6.07, 6.45) is 0. The van der Waals surface area contributed by atoms with E-state index in [9.17, 15) is 0 Å². The summed E-state index contributed by atoms with van der Waals surface area (Å²) in [7, 11) is 0. The highest BCUT2D eigenvalue weighted by molar-refractivity contribution is 5.25. The Labute approximate surface area is 110 Å². The lowest BCUT2D eigenvalue weighted by Gasteiger charge is -2.36. The van der Waals surface area contributed by atoms with Gasteiger partial charge >= 0.3 is 0 Å². The average molecular weight is 243 g/mol. The summed E-state index contributed by atoms with van der Waals surface area (Å²) < 4.78 is 0. The van der Waals surface area contributed by atoms with Crippen LogP contribution in [0.5, 0.6) is 0 Å². The number of aryl methyl sites for hydroxylation is 1. The minimum Gasteiger partial charge on any atom is -0.297 e. The van der Waals surface area contributed by atoms with Crippen molar-refractivity contribution in [3.63, 3.8) is 0 Å². The molecule has 0 N–H and O–H groups in total. The Hall–Kier alpha value is -1.37. The SMILES string of the molecule is Cc1ccccc1CN1CCN(C(C)C#N)CC1. The summed E-state index contributed by atoms with van der Waals surface area (Å²) in [5, 5.41) is 8.92. The van der Waals surface area contributed by atoms with E-state index in [0.29, 0.717) is 0 Å². The predicted molar refractivity (Wildman–Crippen MR) is 73.1 cm³/mol. The van der Waals surface area contributed by atoms with Crippen LogP contribution in [0.4, 0.5) is 0 Å². The van der Waals surface area contributed by atoms with E-state index in [1.165, 1.54) is 11.1 Å². The van der Waals surface area contributed by atoms with Gasteiger partial charge in [-0.25, -0.2) is 0 Å². The zero-order valence-electron chi connectivity index (χ0n) is 11.3. The third-order valence-electron chi connectivity index (χ3n) is 3.80. The highest BCUT2D eigenvalue weighted by Crippen LogP contribution is 2.13. The Morgan fingerprint density at radius 2 is 1.89 bits per heavy atom. The lowest BCUT2D eigenvalue weighted by molar-refractivity contribution is 0.114. The molecule has 1 heterocycles. The standard InChI is InChI=1S/C15H21N3/c1-13-5-3-4-6-15(13)12-17-7-9-18(10-8-17)14(2)11-16/h3-6,14H,7-10,12H2,1-2H3. The molecule has 1 aliphatic rings. The molecule has 1 unspecified atom stereocenters. The van der Waals surface area contributed by atoms with Gasteiger partial charge < -0.3 is 0 Å². The average Bonchev–Trinajstić information content (AvgIpc) is 2.41. The van der Waals surface area contributed by atoms with Crippen molar-refractivity contribution < 1.29 is 0 Å². The third-order valence-corrected chi connectivity index (χ3v) is 3.80. The first-order chi connectivity index (χ1) is 8.70. The largest absolute Gasteiger partial charge is 0.297 e. The Kier molecular flexibility index (Phi) is 4.35. The van der Waals surface area contributed by atoms with E-state index >= 15 is 0 Å². The van der Waals surface area contributed by atoms with Gasteiger partial charge in [0.2, 0.25) is 0 Å². The van der Waals surface area contributed by atoms with Gasteiger partial charge in [-0.15, -0.1) is 0 Å². The first-order valence-corrected chi connectivity index (χ1v) is 6.61. The Morgan fingerprint density at radius 1 is 1.22 bits per heavy atom. The number of hydrogen-bond acceptors (Lipinski definition) is 3. The Bertz CT molecular complexity index is 428. The predicted octanol–water partition coefficient (Wildman–Crippen LogP) is 2.02. The van der Waals surface area contributed by atoms with Crippen LogP contribution in [0.25, 0.3) is 0 Å². The van der Waals surface area contributed by atoms with Crippen LogP contribution in [0.1, 0.15) is 18.1 Å². The summed E-state index contributed by atoms with van der Waals surface area (Å²) in [5.74, 6) is 0. The lowest BCUT2D eigenvalue weighted by Crippen LogP contribution is -2.48. The summed E-state index contributed by atoms with van der Waals surface area (Å²) in [5.41, 5.74) is 2.78. The molecule has 1 fully saturated rings. The van der Waals surface area contributed by atoms with E-state index in [1.807, 2.05) is 6.92 Å². The zero-order valence-corrected chi connectivity index (χ0v) is 11.3. The number of piperazine rings is 1. The van der Waals surface area contributed by atoms with Gasteiger partial charge in [0, 0.05) is 32.7 Å². The van der Waals surface area contributed by atoms with Crippen molar-refractivity contribution in [2.24, 2.45) is 0 Å². The molecule has 1 aliphatic heterocycles. The summed E-state index contributed by atoms with van der Waals surface area (Å²) in [6, 6.07) is 10.9. The fraction of sp³-hybridized carbons (Fsp3) is 0.533. The highest BCUT2D eigenvalue weighted by Gasteiger charge is 2.20. The molecular formula is C15H21N3. The van der Waals surface area contributed by atoms with Gasteiger partial charge in [0.15, 0.2) is 0 Å². The van der Waals surface area contributed by atoms with E-state index < -0.39 is 0 Å². The normalized spacial score (nSPS) is 19.4. The molecule has 1 aromatic carbocycles. The topological polar surface area (TPSA) is 30.3 Å². The molecule has 2 rings (SSSR count). The van der Waals surface area contributed by atoms with E-state index in [1.54, 1.807) is 0 Å². The van der Waals surface area contributed by atoms with Crippen LogP contribution in [0, 0.1) is 18.3 Å². The van der Waals surface area contributed by atoms with Crippen molar-refractivity contribution in [2.75, 3.05) is 26.2 Å². The summed E-state index contributed by atoms with van der Waals surface area (Å²) >= 11 is 0. The maximum absolute atomic E-state index is 8.92. The van der Waals surface area contributed by atoms with Crippen LogP contribution in [0.2, 0.25) is 0 Å². The fourth-order valence-corrected chi connectivity index (χ4v) is 2.42. The monoisotopic (exact) mass is 243 g/mol. The van der Waals surface area contributed by atoms with E-state index in [-0.39, 0.29) is 6.04 Å². The third kappa shape index (κ3) is 3.10. The summed E-state index contributed by atoms with van der Waals surface area (Å²) in [6.45, 7) is 9.30. The molecule has 3 heteroatoms. The van der Waals surface area contributed by atoms with E-state index in [4.69, 9.17) is 5.26 Å². The molecule has 96 valence electrons. The molecule has 3 nitrogen and oxygen atoms in total. The molecule has 0 bridgehead atoms. The number of nitrogens with zero attached hydrogens (tertiary/aromatic N) is 3. The molecule has 1 atom stereocenters. The minimum absolute atomic E-state index is 0.0469. The second-order valence-electron chi connectivity index (χ2n) is 5.04. The van der Waals surface area contributed by atoms with Gasteiger partial charge in [-0.1, -0.05) is 24.3 Å². The first-order valence-electron chi connectivity index (χ1n) is 6.61. The van der Waals surface area contributed by atoms with Gasteiger partial charge in [-0.05, 0) is 25.0 Å². The lowest BCUT2D eigenvalue weighted by atomic mass is 10.1. The van der Waals surface area contributed by atoms with Crippen molar-refractivity contribution in [1.82, 2.24) is 9.80 Å². The maximum Gasteiger partial charge on any atom is 0.0950 e. The molecular weight excluding hydrogens is 222 g/mol. The highest BCUT2D eigenvalue weighted by atomic mass is 15.3. The van der Waals surface area contributed by atoms with E-state index in [2.05, 4.69) is 47.1 Å². The molecule has 0 saturated carbocycles. The second-order valence-corrected chi connectivity index (χ2v) is 5.04. The molecule has 0 aliphatic carbocycles. The van der Waals surface area contributed by atoms with Crippen LogP contribution in [0.15, 0.2) is 24.3 Å². The van der Waals surface area contributed by atoms with Gasteiger partial charge in [0.05, 0.1) is 12.1 Å². The number of rotatable bonds is 3. The second kappa shape index (κ2) is 5.99. The quantitative estimate of drug-likeness (QED) is 0.813. The molecule has 0 aromatic heterocycles.